The molecular weight excluding hydrogens is 682 g/mol. The number of hydrogen-bond acceptors (Lipinski definition) is 10. The molecule has 0 saturated carbocycles. The summed E-state index contributed by atoms with van der Waals surface area (Å²) in [4.78, 5) is 33.7. The number of pyridine rings is 1. The fourth-order valence-corrected chi connectivity index (χ4v) is 6.56. The number of imidazole rings is 1. The Morgan fingerprint density at radius 2 is 1.87 bits per heavy atom. The number of nitrogens with zero attached hydrogens (tertiary/aromatic N) is 7. The van der Waals surface area contributed by atoms with Gasteiger partial charge in [0, 0.05) is 31.3 Å². The van der Waals surface area contributed by atoms with Crippen LogP contribution in [0.5, 0.6) is 5.75 Å². The number of hydrogen-bond donors (Lipinski definition) is 3. The second kappa shape index (κ2) is 15.6. The topological polar surface area (TPSA) is 134 Å². The smallest absolute Gasteiger partial charge is 0.265 e. The molecule has 0 unspecified atom stereocenters. The van der Waals surface area contributed by atoms with Gasteiger partial charge in [0.05, 0.1) is 49.6 Å². The van der Waals surface area contributed by atoms with Crippen molar-refractivity contribution in [3.8, 4) is 17.0 Å². The van der Waals surface area contributed by atoms with Crippen LogP contribution in [0, 0.1) is 11.6 Å². The van der Waals surface area contributed by atoms with E-state index in [4.69, 9.17) is 4.74 Å². The first kappa shape index (κ1) is 36.6. The van der Waals surface area contributed by atoms with Crippen LogP contribution in [0.3, 0.4) is 0 Å². The number of aliphatic hydroxyl groups is 1. The van der Waals surface area contributed by atoms with Crippen molar-refractivity contribution in [2.75, 3.05) is 51.1 Å². The van der Waals surface area contributed by atoms with Crippen LogP contribution < -0.4 is 20.3 Å². The summed E-state index contributed by atoms with van der Waals surface area (Å²) in [5.41, 5.74) is 1.28. The molecule has 0 spiro atoms. The molecule has 4 heterocycles. The summed E-state index contributed by atoms with van der Waals surface area (Å²) in [6, 6.07) is 12.8. The number of anilines is 2. The second-order valence-electron chi connectivity index (χ2n) is 13.0. The van der Waals surface area contributed by atoms with E-state index in [-0.39, 0.29) is 61.3 Å². The summed E-state index contributed by atoms with van der Waals surface area (Å²) in [6.45, 7) is 0.898. The number of likely N-dealkylation sites (N-methyl/N-ethyl adjacent to an activating group) is 1. The van der Waals surface area contributed by atoms with Gasteiger partial charge in [-0.3, -0.25) is 9.78 Å². The Labute approximate surface area is 297 Å². The van der Waals surface area contributed by atoms with Crippen molar-refractivity contribution < 1.29 is 32.2 Å². The van der Waals surface area contributed by atoms with E-state index in [1.165, 1.54) is 26.0 Å². The maximum absolute atomic E-state index is 15.3. The lowest BCUT2D eigenvalue weighted by molar-refractivity contribution is -0.116. The van der Waals surface area contributed by atoms with Crippen LogP contribution in [0.15, 0.2) is 67.4 Å². The van der Waals surface area contributed by atoms with Crippen molar-refractivity contribution >= 4 is 28.6 Å². The molecular formula is C36H39F4N9O3. The minimum Gasteiger partial charge on any atom is -0.494 e. The van der Waals surface area contributed by atoms with Gasteiger partial charge in [-0.2, -0.15) is 0 Å². The number of alkyl halides is 2. The number of benzene rings is 2. The molecule has 6 rings (SSSR count). The Balaban J connectivity index is 1.40. The lowest BCUT2D eigenvalue weighted by Gasteiger charge is -2.47. The fraction of sp³-hybridized carbons (Fsp3) is 0.361. The van der Waals surface area contributed by atoms with Crippen LogP contribution in [-0.2, 0) is 17.9 Å². The summed E-state index contributed by atoms with van der Waals surface area (Å²) in [5, 5.41) is 17.0. The maximum atomic E-state index is 15.3. The predicted octanol–water partition coefficient (Wildman–Crippen LogP) is 4.48. The molecule has 3 N–H and O–H groups in total. The summed E-state index contributed by atoms with van der Waals surface area (Å²) in [7, 11) is 4.76. The minimum atomic E-state index is -3.01. The zero-order valence-electron chi connectivity index (χ0n) is 28.9. The second-order valence-corrected chi connectivity index (χ2v) is 13.0. The molecule has 1 aliphatic rings. The number of carbonyl (C=O) groups excluding carboxylic acids is 1. The largest absolute Gasteiger partial charge is 0.494 e. The van der Waals surface area contributed by atoms with E-state index in [0.29, 0.717) is 35.4 Å². The zero-order chi connectivity index (χ0) is 37.0. The van der Waals surface area contributed by atoms with Gasteiger partial charge in [-0.1, -0.05) is 30.3 Å². The number of aromatic nitrogens is 5. The van der Waals surface area contributed by atoms with E-state index in [1.807, 2.05) is 35.2 Å². The summed E-state index contributed by atoms with van der Waals surface area (Å²) >= 11 is 0. The molecule has 52 heavy (non-hydrogen) atoms. The molecule has 16 heteroatoms. The number of amides is 1. The van der Waals surface area contributed by atoms with Gasteiger partial charge in [0.1, 0.15) is 18.2 Å². The summed E-state index contributed by atoms with van der Waals surface area (Å²) in [6.07, 6.45) is 0.0498. The van der Waals surface area contributed by atoms with Gasteiger partial charge < -0.3 is 34.8 Å². The number of halogens is 4. The van der Waals surface area contributed by atoms with Gasteiger partial charge in [0.25, 0.3) is 6.43 Å². The van der Waals surface area contributed by atoms with E-state index in [1.54, 1.807) is 29.6 Å². The molecule has 5 aromatic rings. The molecule has 12 nitrogen and oxygen atoms in total. The maximum Gasteiger partial charge on any atom is 0.265 e. The van der Waals surface area contributed by atoms with E-state index in [0.717, 1.165) is 17.7 Å². The van der Waals surface area contributed by atoms with Crippen molar-refractivity contribution in [1.29, 1.82) is 0 Å². The lowest BCUT2D eigenvalue weighted by atomic mass is 9.82. The summed E-state index contributed by atoms with van der Waals surface area (Å²) in [5.74, 6) is -1.88. The predicted molar refractivity (Wildman–Crippen MR) is 187 cm³/mol. The number of piperidine rings is 1. The molecule has 0 aliphatic carbocycles. The van der Waals surface area contributed by atoms with Crippen molar-refractivity contribution in [2.45, 2.75) is 44.0 Å². The van der Waals surface area contributed by atoms with Gasteiger partial charge in [-0.25, -0.2) is 32.5 Å². The molecule has 1 aliphatic heterocycles. The molecule has 274 valence electrons. The molecule has 1 saturated heterocycles. The Hall–Kier alpha value is -5.19. The van der Waals surface area contributed by atoms with Gasteiger partial charge in [-0.15, -0.1) is 0 Å². The van der Waals surface area contributed by atoms with Gasteiger partial charge in [0.2, 0.25) is 5.91 Å². The number of nitrogens with one attached hydrogen (secondary N) is 2. The number of rotatable bonds is 13. The van der Waals surface area contributed by atoms with Crippen LogP contribution in [0.2, 0.25) is 0 Å². The SMILES string of the molecule is COc1cc(F)c(-c2cc(Cn3cnc4c(NC(=O)CN(C)C)ncnc43)c(N3CCC[C@](NCc4ccccc4)([C@H](O)C(F)F)C3)cn2)cc1F. The number of ether oxygens (including phenoxy) is 1. The van der Waals surface area contributed by atoms with Crippen molar-refractivity contribution in [3.05, 3.63) is 90.1 Å². The standard InChI is InChI=1S/C36H39F4N9O3/c1-47(2)18-30(50)46-34-31-35(43-20-42-34)49(21-44-31)17-23-12-27(24-13-26(38)29(52-3)14-25(24)37)41-16-28(23)48-11-7-10-36(19-48,32(51)33(39)40)45-15-22-8-5-4-6-9-22/h4-6,8-9,12-14,16,20-21,32-33,45,51H,7,10-11,15,17-19H2,1-3H3,(H,42,43,46,50)/t32-,36-/m1/s1. The van der Waals surface area contributed by atoms with Gasteiger partial charge >= 0.3 is 0 Å². The molecule has 3 aromatic heterocycles. The molecule has 0 radical (unpaired) electrons. The molecule has 1 amide bonds. The van der Waals surface area contributed by atoms with Crippen LogP contribution >= 0.6 is 0 Å². The van der Waals surface area contributed by atoms with E-state index >= 15 is 4.39 Å². The molecule has 2 atom stereocenters. The average Bonchev–Trinajstić information content (AvgIpc) is 3.54. The van der Waals surface area contributed by atoms with E-state index in [9.17, 15) is 23.1 Å². The third-order valence-electron chi connectivity index (χ3n) is 9.10. The van der Waals surface area contributed by atoms with Crippen molar-refractivity contribution in [2.24, 2.45) is 0 Å². The molecule has 1 fully saturated rings. The van der Waals surface area contributed by atoms with Crippen LogP contribution in [0.4, 0.5) is 29.1 Å². The van der Waals surface area contributed by atoms with Crippen molar-refractivity contribution in [1.82, 2.24) is 34.7 Å². The Kier molecular flexibility index (Phi) is 11.0. The monoisotopic (exact) mass is 721 g/mol. The molecule has 0 bridgehead atoms. The quantitative estimate of drug-likeness (QED) is 0.150. The highest BCUT2D eigenvalue weighted by atomic mass is 19.3. The van der Waals surface area contributed by atoms with E-state index < -0.39 is 29.7 Å². The summed E-state index contributed by atoms with van der Waals surface area (Å²) < 4.78 is 65.3. The number of methoxy groups -OCH3 is 1. The highest BCUT2D eigenvalue weighted by Gasteiger charge is 2.46. The number of carbonyl (C=O) groups is 1. The lowest BCUT2D eigenvalue weighted by Crippen LogP contribution is -2.65. The van der Waals surface area contributed by atoms with Gasteiger partial charge in [0.15, 0.2) is 28.5 Å². The average molecular weight is 722 g/mol. The van der Waals surface area contributed by atoms with Crippen LogP contribution in [-0.4, -0.2) is 99.3 Å². The number of aliphatic hydroxyl groups excluding tert-OH is 1. The normalized spacial score (nSPS) is 16.8. The zero-order valence-corrected chi connectivity index (χ0v) is 28.9. The van der Waals surface area contributed by atoms with Crippen LogP contribution in [0.1, 0.15) is 24.0 Å². The van der Waals surface area contributed by atoms with Crippen molar-refractivity contribution in [3.63, 3.8) is 0 Å². The number of fused-ring (bicyclic) bond motifs is 1. The van der Waals surface area contributed by atoms with Gasteiger partial charge in [-0.05, 0) is 50.2 Å². The van der Waals surface area contributed by atoms with E-state index in [2.05, 4.69) is 30.6 Å². The molecule has 2 aromatic carbocycles. The Morgan fingerprint density at radius 3 is 2.60 bits per heavy atom. The Morgan fingerprint density at radius 1 is 1.08 bits per heavy atom. The highest BCUT2D eigenvalue weighted by molar-refractivity contribution is 5.97. The third-order valence-corrected chi connectivity index (χ3v) is 9.10. The van der Waals surface area contributed by atoms with Crippen LogP contribution in [0.25, 0.3) is 22.4 Å². The third kappa shape index (κ3) is 7.83. The first-order valence-electron chi connectivity index (χ1n) is 16.6. The first-order valence-corrected chi connectivity index (χ1v) is 16.6. The Bertz CT molecular complexity index is 2030. The fourth-order valence-electron chi connectivity index (χ4n) is 6.56. The highest BCUT2D eigenvalue weighted by Crippen LogP contribution is 2.36. The first-order chi connectivity index (χ1) is 25.0. The minimum absolute atomic E-state index is 0.000205.